The zero-order valence-electron chi connectivity index (χ0n) is 7.60. The van der Waals surface area contributed by atoms with Crippen LogP contribution < -0.4 is 0 Å². The van der Waals surface area contributed by atoms with Gasteiger partial charge >= 0.3 is 16.4 Å². The maximum absolute atomic E-state index is 10.7. The molecule has 0 aromatic rings. The van der Waals surface area contributed by atoms with E-state index in [0.717, 1.165) is 0 Å². The van der Waals surface area contributed by atoms with Crippen LogP contribution in [0.4, 0.5) is 0 Å². The zero-order chi connectivity index (χ0) is 12.5. The molecule has 16 heavy (non-hydrogen) atoms. The Morgan fingerprint density at radius 3 is 2.38 bits per heavy atom. The van der Waals surface area contributed by atoms with E-state index in [1.54, 1.807) is 0 Å². The SMILES string of the molecule is O=C1OC(C(O)COS(=O)(=O)O)C(O)=C1O. The summed E-state index contributed by atoms with van der Waals surface area (Å²) >= 11 is 0. The number of cyclic esters (lactones) is 1. The number of hydrogen-bond donors (Lipinski definition) is 4. The quantitative estimate of drug-likeness (QED) is 0.345. The fourth-order valence-electron chi connectivity index (χ4n) is 0.970. The van der Waals surface area contributed by atoms with Gasteiger partial charge in [-0.2, -0.15) is 8.42 Å². The van der Waals surface area contributed by atoms with Crippen LogP contribution in [0, 0.1) is 0 Å². The molecule has 4 N–H and O–H groups in total. The third kappa shape index (κ3) is 2.82. The number of carbonyl (C=O) groups is 1. The first kappa shape index (κ1) is 12.7. The Kier molecular flexibility index (Phi) is 3.38. The van der Waals surface area contributed by atoms with E-state index in [4.69, 9.17) is 14.8 Å². The van der Waals surface area contributed by atoms with Gasteiger partial charge in [0.15, 0.2) is 11.9 Å². The molecule has 2 atom stereocenters. The lowest BCUT2D eigenvalue weighted by atomic mass is 10.2. The third-order valence-corrected chi connectivity index (χ3v) is 2.11. The molecule has 1 aliphatic heterocycles. The predicted molar refractivity (Wildman–Crippen MR) is 45.7 cm³/mol. The molecular formula is C6H8O9S. The Morgan fingerprint density at radius 2 is 2.00 bits per heavy atom. The van der Waals surface area contributed by atoms with Crippen molar-refractivity contribution in [3.05, 3.63) is 11.5 Å². The number of rotatable bonds is 4. The van der Waals surface area contributed by atoms with Crippen molar-refractivity contribution in [3.8, 4) is 0 Å². The minimum Gasteiger partial charge on any atom is -0.505 e. The van der Waals surface area contributed by atoms with E-state index >= 15 is 0 Å². The van der Waals surface area contributed by atoms with Crippen molar-refractivity contribution in [2.75, 3.05) is 6.61 Å². The van der Waals surface area contributed by atoms with Gasteiger partial charge in [-0.25, -0.2) is 8.98 Å². The molecule has 0 saturated carbocycles. The number of hydrogen-bond acceptors (Lipinski definition) is 8. The van der Waals surface area contributed by atoms with E-state index in [1.807, 2.05) is 0 Å². The first-order chi connectivity index (χ1) is 7.22. The van der Waals surface area contributed by atoms with Crippen LogP contribution in [0.1, 0.15) is 0 Å². The van der Waals surface area contributed by atoms with E-state index in [-0.39, 0.29) is 0 Å². The lowest BCUT2D eigenvalue weighted by Crippen LogP contribution is -2.33. The summed E-state index contributed by atoms with van der Waals surface area (Å²) < 4.78 is 36.6. The summed E-state index contributed by atoms with van der Waals surface area (Å²) in [5.74, 6) is -3.26. The number of aliphatic hydroxyl groups excluding tert-OH is 3. The zero-order valence-corrected chi connectivity index (χ0v) is 8.42. The molecule has 0 bridgehead atoms. The summed E-state index contributed by atoms with van der Waals surface area (Å²) in [5.41, 5.74) is 0. The molecule has 10 heteroatoms. The van der Waals surface area contributed by atoms with Crippen LogP contribution in [0.2, 0.25) is 0 Å². The number of ether oxygens (including phenoxy) is 1. The predicted octanol–water partition coefficient (Wildman–Crippen LogP) is -1.58. The summed E-state index contributed by atoms with van der Waals surface area (Å²) in [7, 11) is -4.75. The highest BCUT2D eigenvalue weighted by atomic mass is 32.3. The second-order valence-corrected chi connectivity index (χ2v) is 3.93. The van der Waals surface area contributed by atoms with Crippen molar-refractivity contribution >= 4 is 16.4 Å². The number of carbonyl (C=O) groups excluding carboxylic acids is 1. The van der Waals surface area contributed by atoms with E-state index in [1.165, 1.54) is 0 Å². The molecule has 0 spiro atoms. The van der Waals surface area contributed by atoms with Crippen LogP contribution in [-0.2, 0) is 24.1 Å². The fraction of sp³-hybridized carbons (Fsp3) is 0.500. The summed E-state index contributed by atoms with van der Waals surface area (Å²) in [4.78, 5) is 10.7. The van der Waals surface area contributed by atoms with Crippen LogP contribution in [-0.4, -0.2) is 53.1 Å². The molecule has 0 amide bonds. The smallest absolute Gasteiger partial charge is 0.397 e. The molecule has 0 radical (unpaired) electrons. The van der Waals surface area contributed by atoms with Gasteiger partial charge in [0.05, 0.1) is 6.61 Å². The first-order valence-corrected chi connectivity index (χ1v) is 5.22. The highest BCUT2D eigenvalue weighted by Gasteiger charge is 2.39. The van der Waals surface area contributed by atoms with Crippen molar-refractivity contribution < 1.29 is 42.0 Å². The van der Waals surface area contributed by atoms with Crippen molar-refractivity contribution in [1.82, 2.24) is 0 Å². The van der Waals surface area contributed by atoms with Crippen molar-refractivity contribution in [2.45, 2.75) is 12.2 Å². The molecule has 1 rings (SSSR count). The van der Waals surface area contributed by atoms with Gasteiger partial charge in [0.25, 0.3) is 0 Å². The minimum atomic E-state index is -4.75. The summed E-state index contributed by atoms with van der Waals surface area (Å²) in [6.07, 6.45) is -3.38. The van der Waals surface area contributed by atoms with Crippen LogP contribution in [0.15, 0.2) is 11.5 Å². The monoisotopic (exact) mass is 256 g/mol. The molecule has 92 valence electrons. The number of aliphatic hydroxyl groups is 3. The van der Waals surface area contributed by atoms with Gasteiger partial charge in [0.1, 0.15) is 6.10 Å². The van der Waals surface area contributed by atoms with Gasteiger partial charge in [0.2, 0.25) is 5.76 Å². The van der Waals surface area contributed by atoms with Crippen molar-refractivity contribution in [1.29, 1.82) is 0 Å². The Labute approximate surface area is 89.5 Å². The van der Waals surface area contributed by atoms with E-state index < -0.39 is 46.7 Å². The van der Waals surface area contributed by atoms with E-state index in [2.05, 4.69) is 8.92 Å². The highest BCUT2D eigenvalue weighted by molar-refractivity contribution is 7.80. The second-order valence-electron chi connectivity index (χ2n) is 2.84. The molecule has 0 aromatic heterocycles. The van der Waals surface area contributed by atoms with E-state index in [9.17, 15) is 18.3 Å². The molecule has 2 unspecified atom stereocenters. The molecule has 0 aliphatic carbocycles. The molecule has 1 heterocycles. The molecule has 1 aliphatic rings. The minimum absolute atomic E-state index is 0.934. The van der Waals surface area contributed by atoms with Gasteiger partial charge in [-0.15, -0.1) is 0 Å². The topological polar surface area (TPSA) is 151 Å². The maximum atomic E-state index is 10.7. The molecule has 0 saturated heterocycles. The molecule has 0 aromatic carbocycles. The Hall–Kier alpha value is -1.36. The Balaban J connectivity index is 2.64. The molecule has 0 fully saturated rings. The molecular weight excluding hydrogens is 248 g/mol. The van der Waals surface area contributed by atoms with Crippen molar-refractivity contribution in [2.24, 2.45) is 0 Å². The summed E-state index contributed by atoms with van der Waals surface area (Å²) in [5, 5.41) is 27.2. The lowest BCUT2D eigenvalue weighted by molar-refractivity contribution is -0.147. The van der Waals surface area contributed by atoms with Gasteiger partial charge < -0.3 is 20.1 Å². The Bertz CT molecular complexity index is 421. The van der Waals surface area contributed by atoms with Crippen LogP contribution >= 0.6 is 0 Å². The normalized spacial score (nSPS) is 23.4. The highest BCUT2D eigenvalue weighted by Crippen LogP contribution is 2.21. The lowest BCUT2D eigenvalue weighted by Gasteiger charge is -2.15. The van der Waals surface area contributed by atoms with Gasteiger partial charge in [0, 0.05) is 0 Å². The van der Waals surface area contributed by atoms with Gasteiger partial charge in [-0.05, 0) is 0 Å². The maximum Gasteiger partial charge on any atom is 0.397 e. The largest absolute Gasteiger partial charge is 0.505 e. The fourth-order valence-corrected chi connectivity index (χ4v) is 1.28. The summed E-state index contributed by atoms with van der Waals surface area (Å²) in [6.45, 7) is -0.950. The van der Waals surface area contributed by atoms with Crippen LogP contribution in [0.3, 0.4) is 0 Å². The summed E-state index contributed by atoms with van der Waals surface area (Å²) in [6, 6.07) is 0. The van der Waals surface area contributed by atoms with Gasteiger partial charge in [-0.3, -0.25) is 4.55 Å². The number of esters is 1. The average molecular weight is 256 g/mol. The third-order valence-electron chi connectivity index (χ3n) is 1.68. The first-order valence-electron chi connectivity index (χ1n) is 3.85. The van der Waals surface area contributed by atoms with Crippen LogP contribution in [0.5, 0.6) is 0 Å². The molecule has 9 nitrogen and oxygen atoms in total. The van der Waals surface area contributed by atoms with Gasteiger partial charge in [-0.1, -0.05) is 0 Å². The van der Waals surface area contributed by atoms with E-state index in [0.29, 0.717) is 0 Å². The second kappa shape index (κ2) is 4.25. The Morgan fingerprint density at radius 1 is 1.44 bits per heavy atom. The standard InChI is InChI=1S/C6H8O9S/c7-2(1-14-16(11,12)13)5-3(8)4(9)6(10)15-5/h2,5,7-9H,1H2,(H,11,12,13). The van der Waals surface area contributed by atoms with Crippen molar-refractivity contribution in [3.63, 3.8) is 0 Å². The van der Waals surface area contributed by atoms with Crippen LogP contribution in [0.25, 0.3) is 0 Å². The average Bonchev–Trinajstić information content (AvgIpc) is 2.41.